The van der Waals surface area contributed by atoms with Crippen molar-refractivity contribution in [3.63, 3.8) is 0 Å². The summed E-state index contributed by atoms with van der Waals surface area (Å²) in [5, 5.41) is 6.95. The Morgan fingerprint density at radius 1 is 0.462 bits per heavy atom. The molecule has 0 amide bonds. The third-order valence-electron chi connectivity index (χ3n) is 8.00. The van der Waals surface area contributed by atoms with Gasteiger partial charge in [0.25, 0.3) is 0 Å². The third kappa shape index (κ3) is 2.82. The zero-order valence-corrected chi connectivity index (χ0v) is 20.9. The molecule has 9 rings (SSSR count). The van der Waals surface area contributed by atoms with Crippen molar-refractivity contribution < 1.29 is 8.83 Å². The van der Waals surface area contributed by atoms with Crippen molar-refractivity contribution in [1.29, 1.82) is 0 Å². The number of aromatic nitrogens is 1. The van der Waals surface area contributed by atoms with Gasteiger partial charge in [-0.2, -0.15) is 0 Å². The highest BCUT2D eigenvalue weighted by Gasteiger charge is 2.19. The molecular formula is C36H21NO2. The second-order valence-corrected chi connectivity index (χ2v) is 10.1. The van der Waals surface area contributed by atoms with Crippen LogP contribution in [0.5, 0.6) is 0 Å². The fourth-order valence-electron chi connectivity index (χ4n) is 6.33. The molecule has 182 valence electrons. The molecule has 3 nitrogen and oxygen atoms in total. The van der Waals surface area contributed by atoms with E-state index in [9.17, 15) is 0 Å². The summed E-state index contributed by atoms with van der Waals surface area (Å²) in [6.07, 6.45) is 0. The summed E-state index contributed by atoms with van der Waals surface area (Å²) in [6.45, 7) is 0. The first-order valence-electron chi connectivity index (χ1n) is 13.2. The number of benzene rings is 6. The Labute approximate surface area is 223 Å². The van der Waals surface area contributed by atoms with E-state index < -0.39 is 0 Å². The van der Waals surface area contributed by atoms with Gasteiger partial charge in [-0.05, 0) is 53.6 Å². The van der Waals surface area contributed by atoms with E-state index in [2.05, 4.69) is 102 Å². The summed E-state index contributed by atoms with van der Waals surface area (Å²) < 4.78 is 15.1. The van der Waals surface area contributed by atoms with Gasteiger partial charge >= 0.3 is 0 Å². The van der Waals surface area contributed by atoms with Crippen molar-refractivity contribution in [2.24, 2.45) is 0 Å². The molecule has 39 heavy (non-hydrogen) atoms. The highest BCUT2D eigenvalue weighted by Crippen LogP contribution is 2.41. The standard InChI is InChI=1S/C36H21NO2/c1-4-15-30-25(11-1)27-19-20-28-26-12-2-5-16-31(26)39-36(28)35(27)37(30)23-10-7-9-22(21-23)24-14-8-18-33-34(24)29-13-3-6-17-32(29)38-33/h1-21H. The first kappa shape index (κ1) is 20.7. The van der Waals surface area contributed by atoms with Crippen LogP contribution in [0.2, 0.25) is 0 Å². The highest BCUT2D eigenvalue weighted by atomic mass is 16.3. The van der Waals surface area contributed by atoms with Gasteiger partial charge < -0.3 is 13.4 Å². The van der Waals surface area contributed by atoms with E-state index in [4.69, 9.17) is 8.83 Å². The van der Waals surface area contributed by atoms with Gasteiger partial charge in [0.15, 0.2) is 5.58 Å². The number of para-hydroxylation sites is 3. The van der Waals surface area contributed by atoms with Gasteiger partial charge in [-0.3, -0.25) is 0 Å². The Hall–Kier alpha value is -5.28. The van der Waals surface area contributed by atoms with Crippen LogP contribution >= 0.6 is 0 Å². The van der Waals surface area contributed by atoms with Crippen LogP contribution in [0.3, 0.4) is 0 Å². The SMILES string of the molecule is c1cc(-c2cccc3oc4ccccc4c23)cc(-n2c3ccccc3c3ccc4c5ccccc5oc4c32)c1. The Morgan fingerprint density at radius 3 is 2.05 bits per heavy atom. The topological polar surface area (TPSA) is 31.2 Å². The quantitative estimate of drug-likeness (QED) is 0.237. The van der Waals surface area contributed by atoms with Crippen LogP contribution in [-0.4, -0.2) is 4.57 Å². The fraction of sp³-hybridized carbons (Fsp3) is 0. The summed E-state index contributed by atoms with van der Waals surface area (Å²) >= 11 is 0. The van der Waals surface area contributed by atoms with Crippen LogP contribution in [0.15, 0.2) is 136 Å². The summed E-state index contributed by atoms with van der Waals surface area (Å²) in [5.41, 5.74) is 9.28. The molecule has 0 radical (unpaired) electrons. The molecule has 0 saturated heterocycles. The van der Waals surface area contributed by atoms with Crippen LogP contribution in [0, 0.1) is 0 Å². The number of furan rings is 2. The van der Waals surface area contributed by atoms with Gasteiger partial charge in [0.1, 0.15) is 16.7 Å². The maximum absolute atomic E-state index is 6.53. The van der Waals surface area contributed by atoms with Crippen LogP contribution in [0.25, 0.3) is 82.5 Å². The lowest BCUT2D eigenvalue weighted by atomic mass is 9.99. The Kier molecular flexibility index (Phi) is 4.05. The molecule has 3 heteroatoms. The molecule has 0 aliphatic heterocycles. The Morgan fingerprint density at radius 2 is 1.15 bits per heavy atom. The van der Waals surface area contributed by atoms with Crippen LogP contribution < -0.4 is 0 Å². The minimum atomic E-state index is 0.903. The predicted octanol–water partition coefficient (Wildman–Crippen LogP) is 10.2. The minimum absolute atomic E-state index is 0.903. The number of fused-ring (bicyclic) bond motifs is 10. The fourth-order valence-corrected chi connectivity index (χ4v) is 6.33. The van der Waals surface area contributed by atoms with Crippen molar-refractivity contribution in [2.45, 2.75) is 0 Å². The van der Waals surface area contributed by atoms with Crippen molar-refractivity contribution in [1.82, 2.24) is 4.57 Å². The van der Waals surface area contributed by atoms with Gasteiger partial charge in [-0.1, -0.05) is 84.9 Å². The Bertz CT molecular complexity index is 2400. The summed E-state index contributed by atoms with van der Waals surface area (Å²) in [7, 11) is 0. The smallest absolute Gasteiger partial charge is 0.160 e. The maximum Gasteiger partial charge on any atom is 0.160 e. The molecule has 0 aliphatic rings. The normalized spacial score (nSPS) is 12.1. The molecule has 3 heterocycles. The zero-order valence-electron chi connectivity index (χ0n) is 20.9. The van der Waals surface area contributed by atoms with Crippen LogP contribution in [-0.2, 0) is 0 Å². The molecule has 0 saturated carbocycles. The molecule has 0 spiro atoms. The maximum atomic E-state index is 6.53. The molecule has 0 N–H and O–H groups in total. The molecular weight excluding hydrogens is 478 g/mol. The minimum Gasteiger partial charge on any atom is -0.456 e. The number of nitrogens with zero attached hydrogens (tertiary/aromatic N) is 1. The first-order chi connectivity index (χ1) is 19.3. The monoisotopic (exact) mass is 499 g/mol. The van der Waals surface area contributed by atoms with Gasteiger partial charge in [0.2, 0.25) is 0 Å². The lowest BCUT2D eigenvalue weighted by Crippen LogP contribution is -1.94. The molecule has 0 aliphatic carbocycles. The summed E-state index contributed by atoms with van der Waals surface area (Å²) in [6, 6.07) is 44.7. The van der Waals surface area contributed by atoms with E-state index in [1.54, 1.807) is 0 Å². The average molecular weight is 500 g/mol. The molecule has 0 unspecified atom stereocenters. The summed E-state index contributed by atoms with van der Waals surface area (Å²) in [5.74, 6) is 0. The van der Waals surface area contributed by atoms with Gasteiger partial charge in [-0.15, -0.1) is 0 Å². The predicted molar refractivity (Wildman–Crippen MR) is 161 cm³/mol. The second-order valence-electron chi connectivity index (χ2n) is 10.1. The molecule has 6 aromatic carbocycles. The van der Waals surface area contributed by atoms with E-state index in [1.165, 1.54) is 10.8 Å². The largest absolute Gasteiger partial charge is 0.456 e. The van der Waals surface area contributed by atoms with Crippen molar-refractivity contribution >= 4 is 65.7 Å². The van der Waals surface area contributed by atoms with Crippen molar-refractivity contribution in [3.8, 4) is 16.8 Å². The molecule has 0 bridgehead atoms. The van der Waals surface area contributed by atoms with Gasteiger partial charge in [-0.25, -0.2) is 0 Å². The Balaban J connectivity index is 1.38. The van der Waals surface area contributed by atoms with E-state index in [1.807, 2.05) is 30.3 Å². The van der Waals surface area contributed by atoms with Crippen molar-refractivity contribution in [2.75, 3.05) is 0 Å². The molecule has 0 atom stereocenters. The van der Waals surface area contributed by atoms with E-state index in [0.717, 1.165) is 71.7 Å². The zero-order chi connectivity index (χ0) is 25.5. The first-order valence-corrected chi connectivity index (χ1v) is 13.2. The number of rotatable bonds is 2. The van der Waals surface area contributed by atoms with Gasteiger partial charge in [0, 0.05) is 38.0 Å². The number of hydrogen-bond donors (Lipinski definition) is 0. The highest BCUT2D eigenvalue weighted by molar-refractivity contribution is 6.21. The van der Waals surface area contributed by atoms with E-state index in [-0.39, 0.29) is 0 Å². The van der Waals surface area contributed by atoms with Crippen LogP contribution in [0.4, 0.5) is 0 Å². The van der Waals surface area contributed by atoms with Crippen LogP contribution in [0.1, 0.15) is 0 Å². The summed E-state index contributed by atoms with van der Waals surface area (Å²) in [4.78, 5) is 0. The van der Waals surface area contributed by atoms with E-state index >= 15 is 0 Å². The lowest BCUT2D eigenvalue weighted by molar-refractivity contribution is 0.669. The van der Waals surface area contributed by atoms with Crippen molar-refractivity contribution in [3.05, 3.63) is 127 Å². The molecule has 9 aromatic rings. The second kappa shape index (κ2) is 7.62. The molecule has 3 aromatic heterocycles. The lowest BCUT2D eigenvalue weighted by Gasteiger charge is -2.11. The van der Waals surface area contributed by atoms with Gasteiger partial charge in [0.05, 0.1) is 11.0 Å². The van der Waals surface area contributed by atoms with E-state index in [0.29, 0.717) is 0 Å². The average Bonchev–Trinajstić information content (AvgIpc) is 3.66. The third-order valence-corrected chi connectivity index (χ3v) is 8.00. The molecule has 0 fully saturated rings. The number of hydrogen-bond acceptors (Lipinski definition) is 2.